The van der Waals surface area contributed by atoms with Crippen LogP contribution in [0.5, 0.6) is 0 Å². The monoisotopic (exact) mass is 336 g/mol. The van der Waals surface area contributed by atoms with Crippen LogP contribution in [0, 0.1) is 0 Å². The van der Waals surface area contributed by atoms with Gasteiger partial charge >= 0.3 is 0 Å². The lowest BCUT2D eigenvalue weighted by Gasteiger charge is -2.05. The molecule has 116 valence electrons. The van der Waals surface area contributed by atoms with Crippen LogP contribution in [0.4, 0.5) is 0 Å². The topological polar surface area (TPSA) is 25.8 Å². The summed E-state index contributed by atoms with van der Waals surface area (Å²) in [5.41, 5.74) is 1.96. The highest BCUT2D eigenvalue weighted by Crippen LogP contribution is 2.41. The van der Waals surface area contributed by atoms with Crippen molar-refractivity contribution < 1.29 is 0 Å². The van der Waals surface area contributed by atoms with E-state index in [4.69, 9.17) is 4.98 Å². The second kappa shape index (κ2) is 4.74. The van der Waals surface area contributed by atoms with Crippen molar-refractivity contribution in [2.24, 2.45) is 0 Å². The Morgan fingerprint density at radius 3 is 2.44 bits per heavy atom. The Morgan fingerprint density at radius 2 is 1.44 bits per heavy atom. The standard InChI is InChI=1S/C22H12N2S/c1-2-6-15-13(4-1)8-10-17-19(15)20-16-9-7-14-5-3-11-23-21(14)22(16)24-12-18(20)25-17/h1-12H. The molecule has 0 amide bonds. The lowest BCUT2D eigenvalue weighted by Crippen LogP contribution is -1.85. The third-order valence-corrected chi connectivity index (χ3v) is 6.02. The van der Waals surface area contributed by atoms with Crippen LogP contribution >= 0.6 is 11.3 Å². The van der Waals surface area contributed by atoms with E-state index in [0.717, 1.165) is 16.4 Å². The van der Waals surface area contributed by atoms with Crippen LogP contribution in [0.15, 0.2) is 73.1 Å². The van der Waals surface area contributed by atoms with Crippen molar-refractivity contribution >= 4 is 64.1 Å². The highest BCUT2D eigenvalue weighted by Gasteiger charge is 2.14. The first kappa shape index (κ1) is 13.3. The molecule has 0 unspecified atom stereocenters. The van der Waals surface area contributed by atoms with Gasteiger partial charge in [-0.1, -0.05) is 48.5 Å². The number of thiophene rings is 1. The molecule has 0 aliphatic heterocycles. The average molecular weight is 336 g/mol. The summed E-state index contributed by atoms with van der Waals surface area (Å²) >= 11 is 1.81. The van der Waals surface area contributed by atoms with Gasteiger partial charge in [-0.2, -0.15) is 0 Å². The molecule has 0 N–H and O–H groups in total. The molecule has 6 rings (SSSR count). The van der Waals surface area contributed by atoms with Crippen molar-refractivity contribution in [3.05, 3.63) is 73.1 Å². The molecule has 3 heteroatoms. The summed E-state index contributed by atoms with van der Waals surface area (Å²) in [4.78, 5) is 9.34. The molecule has 6 aromatic rings. The van der Waals surface area contributed by atoms with Gasteiger partial charge in [0.05, 0.1) is 15.7 Å². The molecule has 3 aromatic carbocycles. The Labute approximate surface area is 147 Å². The van der Waals surface area contributed by atoms with Gasteiger partial charge in [-0.05, 0) is 22.9 Å². The number of aromatic nitrogens is 2. The van der Waals surface area contributed by atoms with Gasteiger partial charge in [-0.25, -0.2) is 0 Å². The molecule has 3 aromatic heterocycles. The smallest absolute Gasteiger partial charge is 0.0971 e. The summed E-state index contributed by atoms with van der Waals surface area (Å²) in [5.74, 6) is 0. The number of hydrogen-bond acceptors (Lipinski definition) is 3. The predicted molar refractivity (Wildman–Crippen MR) is 107 cm³/mol. The number of benzene rings is 3. The maximum atomic E-state index is 4.76. The van der Waals surface area contributed by atoms with Gasteiger partial charge in [0, 0.05) is 38.6 Å². The van der Waals surface area contributed by atoms with Gasteiger partial charge in [0.2, 0.25) is 0 Å². The average Bonchev–Trinajstić information content (AvgIpc) is 3.07. The van der Waals surface area contributed by atoms with Crippen molar-refractivity contribution in [3.63, 3.8) is 0 Å². The molecule has 0 bridgehead atoms. The minimum Gasteiger partial charge on any atom is -0.254 e. The second-order valence-corrected chi connectivity index (χ2v) is 7.38. The predicted octanol–water partition coefficient (Wildman–Crippen LogP) is 6.30. The van der Waals surface area contributed by atoms with Gasteiger partial charge < -0.3 is 0 Å². The van der Waals surface area contributed by atoms with Gasteiger partial charge in [0.1, 0.15) is 0 Å². The van der Waals surface area contributed by atoms with E-state index in [9.17, 15) is 0 Å². The largest absolute Gasteiger partial charge is 0.254 e. The number of rotatable bonds is 0. The van der Waals surface area contributed by atoms with Crippen molar-refractivity contribution in [3.8, 4) is 0 Å². The second-order valence-electron chi connectivity index (χ2n) is 6.30. The zero-order valence-electron chi connectivity index (χ0n) is 13.2. The fourth-order valence-electron chi connectivity index (χ4n) is 3.83. The van der Waals surface area contributed by atoms with E-state index >= 15 is 0 Å². The summed E-state index contributed by atoms with van der Waals surface area (Å²) in [6.07, 6.45) is 3.85. The van der Waals surface area contributed by atoms with Crippen molar-refractivity contribution in [1.82, 2.24) is 9.97 Å². The molecular weight excluding hydrogens is 324 g/mol. The van der Waals surface area contributed by atoms with Gasteiger partial charge in [0.15, 0.2) is 0 Å². The van der Waals surface area contributed by atoms with E-state index in [2.05, 4.69) is 59.6 Å². The first-order chi connectivity index (χ1) is 12.4. The highest BCUT2D eigenvalue weighted by molar-refractivity contribution is 7.26. The third kappa shape index (κ3) is 1.73. The van der Waals surface area contributed by atoms with Gasteiger partial charge in [-0.15, -0.1) is 11.3 Å². The summed E-state index contributed by atoms with van der Waals surface area (Å²) in [6, 6.07) is 21.5. The Morgan fingerprint density at radius 1 is 0.600 bits per heavy atom. The summed E-state index contributed by atoms with van der Waals surface area (Å²) in [7, 11) is 0. The van der Waals surface area contributed by atoms with E-state index in [1.54, 1.807) is 0 Å². The Kier molecular flexibility index (Phi) is 2.52. The molecule has 0 saturated heterocycles. The summed E-state index contributed by atoms with van der Waals surface area (Å²) < 4.78 is 2.54. The molecule has 2 nitrogen and oxygen atoms in total. The summed E-state index contributed by atoms with van der Waals surface area (Å²) in [6.45, 7) is 0. The van der Waals surface area contributed by atoms with Crippen molar-refractivity contribution in [2.75, 3.05) is 0 Å². The first-order valence-corrected chi connectivity index (χ1v) is 9.08. The van der Waals surface area contributed by atoms with Crippen LogP contribution in [0.2, 0.25) is 0 Å². The molecule has 25 heavy (non-hydrogen) atoms. The minimum absolute atomic E-state index is 0.974. The third-order valence-electron chi connectivity index (χ3n) is 4.94. The first-order valence-electron chi connectivity index (χ1n) is 8.26. The molecule has 3 heterocycles. The molecular formula is C22H12N2S. The maximum absolute atomic E-state index is 4.76. The van der Waals surface area contributed by atoms with E-state index < -0.39 is 0 Å². The Balaban J connectivity index is 1.95. The Bertz CT molecular complexity index is 1450. The number of nitrogens with zero attached hydrogens (tertiary/aromatic N) is 2. The van der Waals surface area contributed by atoms with Crippen molar-refractivity contribution in [1.29, 1.82) is 0 Å². The molecule has 0 radical (unpaired) electrons. The fourth-order valence-corrected chi connectivity index (χ4v) is 4.94. The molecule has 0 spiro atoms. The van der Waals surface area contributed by atoms with Crippen LogP contribution in [0.1, 0.15) is 0 Å². The van der Waals surface area contributed by atoms with E-state index in [1.165, 1.54) is 36.3 Å². The van der Waals surface area contributed by atoms with E-state index in [1.807, 2.05) is 29.8 Å². The normalized spacial score (nSPS) is 12.0. The lowest BCUT2D eigenvalue weighted by molar-refractivity contribution is 1.39. The van der Waals surface area contributed by atoms with Crippen LogP contribution in [-0.2, 0) is 0 Å². The molecule has 0 atom stereocenters. The van der Waals surface area contributed by atoms with Gasteiger partial charge in [0.25, 0.3) is 0 Å². The fraction of sp³-hybridized carbons (Fsp3) is 0. The van der Waals surface area contributed by atoms with E-state index in [-0.39, 0.29) is 0 Å². The molecule has 0 aliphatic rings. The van der Waals surface area contributed by atoms with Gasteiger partial charge in [-0.3, -0.25) is 9.97 Å². The maximum Gasteiger partial charge on any atom is 0.0971 e. The molecule has 0 aliphatic carbocycles. The highest BCUT2D eigenvalue weighted by atomic mass is 32.1. The van der Waals surface area contributed by atoms with E-state index in [0.29, 0.717) is 0 Å². The lowest BCUT2D eigenvalue weighted by atomic mass is 10.0. The molecule has 0 fully saturated rings. The Hall–Kier alpha value is -3.04. The number of hydrogen-bond donors (Lipinski definition) is 0. The van der Waals surface area contributed by atoms with Crippen molar-refractivity contribution in [2.45, 2.75) is 0 Å². The van der Waals surface area contributed by atoms with Crippen LogP contribution in [0.3, 0.4) is 0 Å². The zero-order valence-corrected chi connectivity index (χ0v) is 14.0. The van der Waals surface area contributed by atoms with Crippen LogP contribution in [-0.4, -0.2) is 9.97 Å². The zero-order chi connectivity index (χ0) is 16.4. The summed E-state index contributed by atoms with van der Waals surface area (Å²) in [5, 5.41) is 7.53. The molecule has 0 saturated carbocycles. The minimum atomic E-state index is 0.974. The van der Waals surface area contributed by atoms with Crippen LogP contribution < -0.4 is 0 Å². The SMILES string of the molecule is c1ccc2c(c1)ccc1sc3cnc4c(ccc5cccnc54)c3c12. The van der Waals surface area contributed by atoms with Crippen LogP contribution in [0.25, 0.3) is 52.8 Å². The number of pyridine rings is 2. The quantitative estimate of drug-likeness (QED) is 0.304. The number of fused-ring (bicyclic) bond motifs is 9.